The zero-order valence-electron chi connectivity index (χ0n) is 9.97. The van der Waals surface area contributed by atoms with Crippen LogP contribution in [0.4, 0.5) is 5.69 Å². The highest BCUT2D eigenvalue weighted by molar-refractivity contribution is 6.06. The third-order valence-corrected chi connectivity index (χ3v) is 2.79. The van der Waals surface area contributed by atoms with E-state index in [1.807, 2.05) is 13.0 Å². The molecule has 2 rings (SSSR count). The van der Waals surface area contributed by atoms with Gasteiger partial charge in [-0.1, -0.05) is 18.2 Å². The molecule has 5 heteroatoms. The summed E-state index contributed by atoms with van der Waals surface area (Å²) in [6.45, 7) is 1.85. The predicted octanol–water partition coefficient (Wildman–Crippen LogP) is 2.84. The van der Waals surface area contributed by atoms with Crippen molar-refractivity contribution in [1.82, 2.24) is 0 Å². The van der Waals surface area contributed by atoms with Gasteiger partial charge in [-0.3, -0.25) is 10.1 Å². The highest BCUT2D eigenvalue weighted by atomic mass is 16.6. The Balaban J connectivity index is 2.86. The number of rotatable bonds is 2. The minimum absolute atomic E-state index is 0.117. The maximum absolute atomic E-state index is 11.7. The molecule has 18 heavy (non-hydrogen) atoms. The Morgan fingerprint density at radius 3 is 2.67 bits per heavy atom. The van der Waals surface area contributed by atoms with Gasteiger partial charge in [-0.05, 0) is 23.3 Å². The molecular weight excluding hydrogens is 234 g/mol. The lowest BCUT2D eigenvalue weighted by molar-refractivity contribution is -0.384. The summed E-state index contributed by atoms with van der Waals surface area (Å²) in [5.41, 5.74) is 0.982. The molecule has 0 aliphatic rings. The highest BCUT2D eigenvalue weighted by Crippen LogP contribution is 2.28. The number of carbonyl (C=O) groups excluding carboxylic acids is 1. The van der Waals surface area contributed by atoms with Gasteiger partial charge >= 0.3 is 5.97 Å². The fourth-order valence-corrected chi connectivity index (χ4v) is 1.98. The molecule has 0 amide bonds. The zero-order valence-corrected chi connectivity index (χ0v) is 9.97. The maximum atomic E-state index is 11.7. The fraction of sp³-hybridized carbons (Fsp3) is 0.154. The maximum Gasteiger partial charge on any atom is 0.338 e. The van der Waals surface area contributed by atoms with Crippen LogP contribution in [0.3, 0.4) is 0 Å². The van der Waals surface area contributed by atoms with Gasteiger partial charge in [0.15, 0.2) is 0 Å². The number of esters is 1. The summed E-state index contributed by atoms with van der Waals surface area (Å²) in [4.78, 5) is 22.0. The van der Waals surface area contributed by atoms with Gasteiger partial charge in [0.25, 0.3) is 5.69 Å². The standard InChI is InChI=1S/C13H11NO4/c1-8-4-3-5-9-6-10(14(16)17)7-11(12(8)9)13(15)18-2/h3-7H,1-2H3. The number of carbonyl (C=O) groups is 1. The number of hydrogen-bond donors (Lipinski definition) is 0. The molecule has 0 bridgehead atoms. The van der Waals surface area contributed by atoms with Gasteiger partial charge in [0.05, 0.1) is 17.6 Å². The van der Waals surface area contributed by atoms with Crippen LogP contribution in [-0.4, -0.2) is 18.0 Å². The van der Waals surface area contributed by atoms with Crippen molar-refractivity contribution >= 4 is 22.4 Å². The van der Waals surface area contributed by atoms with E-state index in [0.717, 1.165) is 5.56 Å². The molecule has 0 aliphatic carbocycles. The number of ether oxygens (including phenoxy) is 1. The Hall–Kier alpha value is -2.43. The monoisotopic (exact) mass is 245 g/mol. The van der Waals surface area contributed by atoms with Gasteiger partial charge in [0, 0.05) is 12.1 Å². The lowest BCUT2D eigenvalue weighted by atomic mass is 9.99. The van der Waals surface area contributed by atoms with Crippen LogP contribution in [-0.2, 0) is 4.74 Å². The summed E-state index contributed by atoms with van der Waals surface area (Å²) in [7, 11) is 1.26. The lowest BCUT2D eigenvalue weighted by Gasteiger charge is -2.07. The van der Waals surface area contributed by atoms with E-state index in [2.05, 4.69) is 4.74 Å². The topological polar surface area (TPSA) is 69.4 Å². The van der Waals surface area contributed by atoms with Gasteiger partial charge in [-0.25, -0.2) is 4.79 Å². The molecule has 0 saturated heterocycles. The molecule has 2 aromatic rings. The van der Waals surface area contributed by atoms with Crippen LogP contribution in [0.25, 0.3) is 10.8 Å². The quantitative estimate of drug-likeness (QED) is 0.463. The zero-order chi connectivity index (χ0) is 13.3. The number of nitro benzene ring substituents is 1. The van der Waals surface area contributed by atoms with Gasteiger partial charge in [0.1, 0.15) is 0 Å². The molecule has 0 aromatic heterocycles. The molecule has 0 fully saturated rings. The van der Waals surface area contributed by atoms with Crippen LogP contribution in [0.15, 0.2) is 30.3 Å². The van der Waals surface area contributed by atoms with Gasteiger partial charge in [0.2, 0.25) is 0 Å². The molecule has 0 spiro atoms. The Morgan fingerprint density at radius 2 is 2.06 bits per heavy atom. The first-order valence-corrected chi connectivity index (χ1v) is 5.30. The Morgan fingerprint density at radius 1 is 1.33 bits per heavy atom. The fourth-order valence-electron chi connectivity index (χ4n) is 1.98. The van der Waals surface area contributed by atoms with Crippen molar-refractivity contribution < 1.29 is 14.5 Å². The van der Waals surface area contributed by atoms with Crippen LogP contribution in [0, 0.1) is 17.0 Å². The first-order valence-electron chi connectivity index (χ1n) is 5.30. The summed E-state index contributed by atoms with van der Waals surface area (Å²) < 4.78 is 4.67. The Labute approximate surface area is 103 Å². The van der Waals surface area contributed by atoms with Crippen molar-refractivity contribution in [3.63, 3.8) is 0 Å². The van der Waals surface area contributed by atoms with E-state index in [1.165, 1.54) is 19.2 Å². The average Bonchev–Trinajstić information content (AvgIpc) is 2.36. The van der Waals surface area contributed by atoms with Gasteiger partial charge < -0.3 is 4.74 Å². The number of nitro groups is 1. The second-order valence-electron chi connectivity index (χ2n) is 3.92. The Kier molecular flexibility index (Phi) is 2.97. The van der Waals surface area contributed by atoms with Crippen molar-refractivity contribution in [2.24, 2.45) is 0 Å². The molecule has 92 valence electrons. The molecule has 0 heterocycles. The van der Waals surface area contributed by atoms with Crippen molar-refractivity contribution in [3.8, 4) is 0 Å². The highest BCUT2D eigenvalue weighted by Gasteiger charge is 2.18. The van der Waals surface area contributed by atoms with Crippen molar-refractivity contribution in [2.45, 2.75) is 6.92 Å². The van der Waals surface area contributed by atoms with Crippen LogP contribution in [0.2, 0.25) is 0 Å². The number of aryl methyl sites for hydroxylation is 1. The number of non-ortho nitro benzene ring substituents is 1. The number of fused-ring (bicyclic) bond motifs is 1. The number of nitrogens with zero attached hydrogens (tertiary/aromatic N) is 1. The molecule has 0 aliphatic heterocycles. The number of methoxy groups -OCH3 is 1. The largest absolute Gasteiger partial charge is 0.465 e. The van der Waals surface area contributed by atoms with Crippen LogP contribution in [0.1, 0.15) is 15.9 Å². The predicted molar refractivity (Wildman–Crippen MR) is 66.7 cm³/mol. The van der Waals surface area contributed by atoms with Crippen molar-refractivity contribution in [2.75, 3.05) is 7.11 Å². The van der Waals surface area contributed by atoms with Crippen LogP contribution in [0.5, 0.6) is 0 Å². The van der Waals surface area contributed by atoms with Crippen molar-refractivity contribution in [1.29, 1.82) is 0 Å². The summed E-state index contributed by atoms with van der Waals surface area (Å²) in [6, 6.07) is 8.08. The average molecular weight is 245 g/mol. The molecule has 0 saturated carbocycles. The van der Waals surface area contributed by atoms with E-state index in [1.54, 1.807) is 12.1 Å². The van der Waals surface area contributed by atoms with Crippen LogP contribution >= 0.6 is 0 Å². The molecule has 0 radical (unpaired) electrons. The van der Waals surface area contributed by atoms with Crippen LogP contribution < -0.4 is 0 Å². The van der Waals surface area contributed by atoms with E-state index >= 15 is 0 Å². The smallest absolute Gasteiger partial charge is 0.338 e. The first kappa shape index (κ1) is 12.0. The summed E-state index contributed by atoms with van der Waals surface area (Å²) in [6.07, 6.45) is 0. The summed E-state index contributed by atoms with van der Waals surface area (Å²) in [5.74, 6) is -0.571. The second-order valence-corrected chi connectivity index (χ2v) is 3.92. The summed E-state index contributed by atoms with van der Waals surface area (Å²) in [5, 5.41) is 12.2. The minimum Gasteiger partial charge on any atom is -0.465 e. The van der Waals surface area contributed by atoms with E-state index in [4.69, 9.17) is 0 Å². The lowest BCUT2D eigenvalue weighted by Crippen LogP contribution is -2.04. The number of hydrogen-bond acceptors (Lipinski definition) is 4. The molecule has 0 atom stereocenters. The third-order valence-electron chi connectivity index (χ3n) is 2.79. The van der Waals surface area contributed by atoms with Gasteiger partial charge in [-0.15, -0.1) is 0 Å². The molecule has 5 nitrogen and oxygen atoms in total. The van der Waals surface area contributed by atoms with Crippen molar-refractivity contribution in [3.05, 3.63) is 51.6 Å². The molecule has 0 unspecified atom stereocenters. The number of benzene rings is 2. The summed E-state index contributed by atoms with van der Waals surface area (Å²) >= 11 is 0. The Bertz CT molecular complexity index is 649. The SMILES string of the molecule is COC(=O)c1cc([N+](=O)[O-])cc2cccc(C)c12. The van der Waals surface area contributed by atoms with E-state index < -0.39 is 10.9 Å². The van der Waals surface area contributed by atoms with E-state index in [-0.39, 0.29) is 11.3 Å². The second kappa shape index (κ2) is 4.44. The van der Waals surface area contributed by atoms with E-state index in [9.17, 15) is 14.9 Å². The molecular formula is C13H11NO4. The van der Waals surface area contributed by atoms with Gasteiger partial charge in [-0.2, -0.15) is 0 Å². The first-order chi connectivity index (χ1) is 8.54. The molecule has 2 aromatic carbocycles. The third kappa shape index (κ3) is 1.90. The molecule has 0 N–H and O–H groups in total. The normalized spacial score (nSPS) is 10.3. The van der Waals surface area contributed by atoms with E-state index in [0.29, 0.717) is 10.8 Å². The minimum atomic E-state index is -0.571.